The molecule has 6 nitrogen and oxygen atoms in total. The van der Waals surface area contributed by atoms with Crippen LogP contribution < -0.4 is 20.1 Å². The van der Waals surface area contributed by atoms with Crippen LogP contribution in [-0.4, -0.2) is 25.2 Å². The normalized spacial score (nSPS) is 12.8. The maximum atomic E-state index is 12.7. The van der Waals surface area contributed by atoms with Crippen molar-refractivity contribution in [2.45, 2.75) is 19.9 Å². The fourth-order valence-corrected chi connectivity index (χ4v) is 3.46. The number of carbonyl (C=O) groups is 2. The summed E-state index contributed by atoms with van der Waals surface area (Å²) in [4.78, 5) is 25.2. The minimum atomic E-state index is -0.351. The molecule has 2 N–H and O–H groups in total. The highest BCUT2D eigenvalue weighted by Gasteiger charge is 2.19. The molecule has 3 aromatic rings. The second kappa shape index (κ2) is 8.92. The summed E-state index contributed by atoms with van der Waals surface area (Å²) in [6.07, 6.45) is 0. The van der Waals surface area contributed by atoms with Crippen molar-refractivity contribution in [2.24, 2.45) is 0 Å². The molecule has 0 saturated heterocycles. The SMILES string of the molecule is Cc1ccc([C@@H](NC(=O)CNC(=O)c2ccc3c(c2)OCO3)c2ccccc2)cc1C. The summed E-state index contributed by atoms with van der Waals surface area (Å²) in [5.41, 5.74) is 4.72. The van der Waals surface area contributed by atoms with Gasteiger partial charge in [-0.15, -0.1) is 0 Å². The van der Waals surface area contributed by atoms with E-state index in [0.717, 1.165) is 16.7 Å². The number of hydrogen-bond acceptors (Lipinski definition) is 4. The Labute approximate surface area is 181 Å². The summed E-state index contributed by atoms with van der Waals surface area (Å²) in [5.74, 6) is 0.501. The Bertz CT molecular complexity index is 1110. The van der Waals surface area contributed by atoms with E-state index in [1.807, 2.05) is 49.4 Å². The molecule has 0 bridgehead atoms. The summed E-state index contributed by atoms with van der Waals surface area (Å²) >= 11 is 0. The van der Waals surface area contributed by atoms with Gasteiger partial charge in [0.1, 0.15) is 0 Å². The van der Waals surface area contributed by atoms with Gasteiger partial charge in [0.05, 0.1) is 12.6 Å². The van der Waals surface area contributed by atoms with Crippen LogP contribution in [0, 0.1) is 13.8 Å². The van der Waals surface area contributed by atoms with Crippen LogP contribution >= 0.6 is 0 Å². The summed E-state index contributed by atoms with van der Waals surface area (Å²) in [6, 6.07) is 20.6. The average Bonchev–Trinajstić information content (AvgIpc) is 3.26. The van der Waals surface area contributed by atoms with E-state index >= 15 is 0 Å². The molecule has 0 radical (unpaired) electrons. The molecule has 6 heteroatoms. The minimum absolute atomic E-state index is 0.137. The monoisotopic (exact) mass is 416 g/mol. The third-order valence-corrected chi connectivity index (χ3v) is 5.35. The first-order valence-corrected chi connectivity index (χ1v) is 10.1. The Morgan fingerprint density at radius 3 is 2.42 bits per heavy atom. The maximum Gasteiger partial charge on any atom is 0.251 e. The Balaban J connectivity index is 1.45. The van der Waals surface area contributed by atoms with Gasteiger partial charge >= 0.3 is 0 Å². The van der Waals surface area contributed by atoms with Gasteiger partial charge in [-0.2, -0.15) is 0 Å². The number of rotatable bonds is 6. The van der Waals surface area contributed by atoms with Crippen molar-refractivity contribution in [2.75, 3.05) is 13.3 Å². The fourth-order valence-electron chi connectivity index (χ4n) is 3.46. The van der Waals surface area contributed by atoms with E-state index in [1.54, 1.807) is 18.2 Å². The molecule has 31 heavy (non-hydrogen) atoms. The molecule has 0 unspecified atom stereocenters. The Kier molecular flexibility index (Phi) is 5.89. The molecule has 158 valence electrons. The maximum absolute atomic E-state index is 12.7. The highest BCUT2D eigenvalue weighted by atomic mass is 16.7. The quantitative estimate of drug-likeness (QED) is 0.643. The average molecular weight is 416 g/mol. The molecule has 1 heterocycles. The Morgan fingerprint density at radius 2 is 1.65 bits per heavy atom. The van der Waals surface area contributed by atoms with Gasteiger partial charge in [-0.05, 0) is 54.3 Å². The predicted octanol–water partition coefficient (Wildman–Crippen LogP) is 3.67. The molecular formula is C25H24N2O4. The molecule has 0 saturated carbocycles. The van der Waals surface area contributed by atoms with E-state index in [1.165, 1.54) is 5.56 Å². The second-order valence-corrected chi connectivity index (χ2v) is 7.51. The third kappa shape index (κ3) is 4.69. The van der Waals surface area contributed by atoms with Gasteiger partial charge in [0.15, 0.2) is 11.5 Å². The van der Waals surface area contributed by atoms with Crippen molar-refractivity contribution in [1.29, 1.82) is 0 Å². The summed E-state index contributed by atoms with van der Waals surface area (Å²) in [7, 11) is 0. The molecule has 0 aliphatic carbocycles. The number of aryl methyl sites for hydroxylation is 2. The van der Waals surface area contributed by atoms with E-state index in [9.17, 15) is 9.59 Å². The zero-order valence-corrected chi connectivity index (χ0v) is 17.5. The van der Waals surface area contributed by atoms with Crippen LogP contribution in [0.3, 0.4) is 0 Å². The van der Waals surface area contributed by atoms with E-state index in [-0.39, 0.29) is 31.2 Å². The molecule has 1 aliphatic rings. The molecule has 0 aromatic heterocycles. The van der Waals surface area contributed by atoms with Crippen LogP contribution in [0.5, 0.6) is 11.5 Å². The lowest BCUT2D eigenvalue weighted by Crippen LogP contribution is -2.39. The van der Waals surface area contributed by atoms with Gasteiger partial charge in [-0.25, -0.2) is 0 Å². The number of ether oxygens (including phenoxy) is 2. The summed E-state index contributed by atoms with van der Waals surface area (Å²) in [5, 5.41) is 5.72. The number of amides is 2. The summed E-state index contributed by atoms with van der Waals surface area (Å²) < 4.78 is 10.6. The van der Waals surface area contributed by atoms with Crippen LogP contribution in [0.2, 0.25) is 0 Å². The number of nitrogens with one attached hydrogen (secondary N) is 2. The van der Waals surface area contributed by atoms with E-state index in [2.05, 4.69) is 23.6 Å². The van der Waals surface area contributed by atoms with Gasteiger partial charge in [0, 0.05) is 5.56 Å². The summed E-state index contributed by atoms with van der Waals surface area (Å²) in [6.45, 7) is 4.11. The minimum Gasteiger partial charge on any atom is -0.454 e. The lowest BCUT2D eigenvalue weighted by atomic mass is 9.95. The van der Waals surface area contributed by atoms with Gasteiger partial charge in [-0.3, -0.25) is 9.59 Å². The first-order chi connectivity index (χ1) is 15.0. The van der Waals surface area contributed by atoms with Crippen molar-refractivity contribution < 1.29 is 19.1 Å². The lowest BCUT2D eigenvalue weighted by Gasteiger charge is -2.21. The Hall–Kier alpha value is -3.80. The first-order valence-electron chi connectivity index (χ1n) is 10.1. The highest BCUT2D eigenvalue weighted by Crippen LogP contribution is 2.32. The number of benzene rings is 3. The van der Waals surface area contributed by atoms with Crippen molar-refractivity contribution >= 4 is 11.8 Å². The molecule has 0 spiro atoms. The lowest BCUT2D eigenvalue weighted by molar-refractivity contribution is -0.120. The number of carbonyl (C=O) groups excluding carboxylic acids is 2. The fraction of sp³-hybridized carbons (Fsp3) is 0.200. The highest BCUT2D eigenvalue weighted by molar-refractivity contribution is 5.97. The molecule has 3 aromatic carbocycles. The van der Waals surface area contributed by atoms with Gasteiger partial charge < -0.3 is 20.1 Å². The third-order valence-electron chi connectivity index (χ3n) is 5.35. The van der Waals surface area contributed by atoms with Crippen LogP contribution in [0.15, 0.2) is 66.7 Å². The zero-order chi connectivity index (χ0) is 21.8. The van der Waals surface area contributed by atoms with E-state index < -0.39 is 0 Å². The van der Waals surface area contributed by atoms with Crippen LogP contribution in [0.1, 0.15) is 38.7 Å². The zero-order valence-electron chi connectivity index (χ0n) is 17.5. The smallest absolute Gasteiger partial charge is 0.251 e. The van der Waals surface area contributed by atoms with Gasteiger partial charge in [-0.1, -0.05) is 48.5 Å². The molecule has 2 amide bonds. The van der Waals surface area contributed by atoms with E-state index in [0.29, 0.717) is 17.1 Å². The van der Waals surface area contributed by atoms with Crippen molar-refractivity contribution in [3.63, 3.8) is 0 Å². The van der Waals surface area contributed by atoms with Gasteiger partial charge in [0.25, 0.3) is 5.91 Å². The topological polar surface area (TPSA) is 76.7 Å². The van der Waals surface area contributed by atoms with Crippen LogP contribution in [0.25, 0.3) is 0 Å². The number of hydrogen-bond donors (Lipinski definition) is 2. The van der Waals surface area contributed by atoms with Crippen LogP contribution in [0.4, 0.5) is 0 Å². The molecule has 1 atom stereocenters. The molecule has 1 aliphatic heterocycles. The molecule has 4 rings (SSSR count). The van der Waals surface area contributed by atoms with Gasteiger partial charge in [0.2, 0.25) is 12.7 Å². The molecule has 0 fully saturated rings. The second-order valence-electron chi connectivity index (χ2n) is 7.51. The standard InChI is InChI=1S/C25H24N2O4/c1-16-8-9-19(12-17(16)2)24(18-6-4-3-5-7-18)27-23(28)14-26-25(29)20-10-11-21-22(13-20)31-15-30-21/h3-13,24H,14-15H2,1-2H3,(H,26,29)(H,27,28)/t24-/m0/s1. The Morgan fingerprint density at radius 1 is 0.871 bits per heavy atom. The van der Waals surface area contributed by atoms with Crippen molar-refractivity contribution in [3.8, 4) is 11.5 Å². The largest absolute Gasteiger partial charge is 0.454 e. The molecular weight excluding hydrogens is 392 g/mol. The van der Waals surface area contributed by atoms with Crippen molar-refractivity contribution in [3.05, 3.63) is 94.5 Å². The predicted molar refractivity (Wildman–Crippen MR) is 117 cm³/mol. The first kappa shape index (κ1) is 20.5. The van der Waals surface area contributed by atoms with Crippen LogP contribution in [-0.2, 0) is 4.79 Å². The number of fused-ring (bicyclic) bond motifs is 1. The van der Waals surface area contributed by atoms with Crippen molar-refractivity contribution in [1.82, 2.24) is 10.6 Å². The van der Waals surface area contributed by atoms with E-state index in [4.69, 9.17) is 9.47 Å².